The lowest BCUT2D eigenvalue weighted by atomic mass is 10.1. The zero-order valence-electron chi connectivity index (χ0n) is 10.8. The van der Waals surface area contributed by atoms with Gasteiger partial charge in [-0.2, -0.15) is 0 Å². The van der Waals surface area contributed by atoms with Crippen molar-refractivity contribution >= 4 is 18.2 Å². The number of rotatable bonds is 8. The van der Waals surface area contributed by atoms with E-state index in [-0.39, 0.29) is 11.6 Å². The van der Waals surface area contributed by atoms with Crippen LogP contribution in [-0.4, -0.2) is 24.8 Å². The van der Waals surface area contributed by atoms with E-state index in [1.807, 2.05) is 0 Å². The van der Waals surface area contributed by atoms with Crippen LogP contribution in [0.1, 0.15) is 45.4 Å². The lowest BCUT2D eigenvalue weighted by Gasteiger charge is -2.02. The normalized spacial score (nSPS) is 16.1. The Hall–Kier alpha value is -1.65. The van der Waals surface area contributed by atoms with Gasteiger partial charge in [-0.25, -0.2) is 9.79 Å². The first kappa shape index (κ1) is 14.4. The van der Waals surface area contributed by atoms with Gasteiger partial charge in [0, 0.05) is 0 Å². The molecule has 0 aromatic carbocycles. The first-order valence-corrected chi connectivity index (χ1v) is 6.46. The summed E-state index contributed by atoms with van der Waals surface area (Å²) in [5, 5.41) is 2.36. The summed E-state index contributed by atoms with van der Waals surface area (Å²) in [5.41, 5.74) is 0.0999. The minimum absolute atomic E-state index is 0.0999. The molecule has 0 aromatic rings. The standard InChI is InChI=1S/C13H20N2O3/c1-2-3-4-5-6-7-8-18-12(16)9-11-13(17)15-10-14-11/h9-10H,2-8H2,1H3,(H,14,15,17). The van der Waals surface area contributed by atoms with E-state index in [4.69, 9.17) is 4.74 Å². The van der Waals surface area contributed by atoms with E-state index in [1.54, 1.807) is 0 Å². The third-order valence-electron chi connectivity index (χ3n) is 2.63. The summed E-state index contributed by atoms with van der Waals surface area (Å²) in [6.45, 7) is 2.58. The van der Waals surface area contributed by atoms with E-state index in [2.05, 4.69) is 17.2 Å². The Bertz CT molecular complexity index is 348. The summed E-state index contributed by atoms with van der Waals surface area (Å²) in [4.78, 5) is 26.1. The zero-order valence-corrected chi connectivity index (χ0v) is 10.8. The number of ether oxygens (including phenoxy) is 1. The van der Waals surface area contributed by atoms with Crippen molar-refractivity contribution in [2.75, 3.05) is 6.61 Å². The van der Waals surface area contributed by atoms with Crippen LogP contribution < -0.4 is 5.32 Å². The Labute approximate surface area is 107 Å². The Morgan fingerprint density at radius 1 is 1.33 bits per heavy atom. The van der Waals surface area contributed by atoms with Gasteiger partial charge in [0.05, 0.1) is 19.0 Å². The van der Waals surface area contributed by atoms with E-state index in [0.29, 0.717) is 6.61 Å². The van der Waals surface area contributed by atoms with Gasteiger partial charge in [-0.3, -0.25) is 4.79 Å². The first-order valence-electron chi connectivity index (χ1n) is 6.46. The summed E-state index contributed by atoms with van der Waals surface area (Å²) in [7, 11) is 0. The highest BCUT2D eigenvalue weighted by Gasteiger charge is 2.14. The molecule has 1 aliphatic rings. The quantitative estimate of drug-likeness (QED) is 0.408. The second kappa shape index (κ2) is 8.44. The van der Waals surface area contributed by atoms with Crippen molar-refractivity contribution < 1.29 is 14.3 Å². The average Bonchev–Trinajstić information content (AvgIpc) is 2.74. The Balaban J connectivity index is 2.07. The smallest absolute Gasteiger partial charge is 0.333 e. The minimum Gasteiger partial charge on any atom is -0.462 e. The molecular weight excluding hydrogens is 232 g/mol. The van der Waals surface area contributed by atoms with Gasteiger partial charge in [-0.1, -0.05) is 39.0 Å². The number of hydrogen-bond donors (Lipinski definition) is 1. The van der Waals surface area contributed by atoms with Crippen LogP contribution in [0, 0.1) is 0 Å². The van der Waals surface area contributed by atoms with Crippen molar-refractivity contribution in [1.29, 1.82) is 0 Å². The van der Waals surface area contributed by atoms with Crippen molar-refractivity contribution in [2.24, 2.45) is 4.99 Å². The van der Waals surface area contributed by atoms with E-state index in [0.717, 1.165) is 18.9 Å². The van der Waals surface area contributed by atoms with Crippen LogP contribution in [0.3, 0.4) is 0 Å². The number of carbonyl (C=O) groups excluding carboxylic acids is 2. The summed E-state index contributed by atoms with van der Waals surface area (Å²) in [5.74, 6) is -0.876. The number of unbranched alkanes of at least 4 members (excludes halogenated alkanes) is 5. The van der Waals surface area contributed by atoms with Gasteiger partial charge in [-0.15, -0.1) is 0 Å². The van der Waals surface area contributed by atoms with Crippen LogP contribution in [0.5, 0.6) is 0 Å². The van der Waals surface area contributed by atoms with Crippen molar-refractivity contribution in [3.8, 4) is 0 Å². The number of aliphatic imine (C=N–C) groups is 1. The second-order valence-electron chi connectivity index (χ2n) is 4.20. The molecule has 0 saturated carbocycles. The van der Waals surface area contributed by atoms with Gasteiger partial charge in [0.1, 0.15) is 5.70 Å². The molecule has 0 spiro atoms. The fourth-order valence-corrected chi connectivity index (χ4v) is 1.60. The number of amides is 1. The first-order chi connectivity index (χ1) is 8.74. The summed E-state index contributed by atoms with van der Waals surface area (Å²) >= 11 is 0. The number of nitrogens with one attached hydrogen (secondary N) is 1. The Kier molecular flexibility index (Phi) is 6.76. The molecule has 0 aliphatic carbocycles. The third kappa shape index (κ3) is 5.61. The van der Waals surface area contributed by atoms with Crippen LogP contribution in [0.4, 0.5) is 0 Å². The molecule has 1 heterocycles. The van der Waals surface area contributed by atoms with Gasteiger partial charge in [0.15, 0.2) is 0 Å². The fraction of sp³-hybridized carbons (Fsp3) is 0.615. The molecule has 0 aromatic heterocycles. The van der Waals surface area contributed by atoms with Gasteiger partial charge in [-0.05, 0) is 6.42 Å². The second-order valence-corrected chi connectivity index (χ2v) is 4.20. The van der Waals surface area contributed by atoms with Gasteiger partial charge in [0.2, 0.25) is 0 Å². The van der Waals surface area contributed by atoms with E-state index in [9.17, 15) is 9.59 Å². The molecule has 0 bridgehead atoms. The maximum atomic E-state index is 11.3. The predicted molar refractivity (Wildman–Crippen MR) is 69.1 cm³/mol. The molecule has 1 N–H and O–H groups in total. The lowest BCUT2D eigenvalue weighted by Crippen LogP contribution is -2.16. The van der Waals surface area contributed by atoms with Crippen LogP contribution in [0.15, 0.2) is 16.8 Å². The lowest BCUT2D eigenvalue weighted by molar-refractivity contribution is -0.138. The van der Waals surface area contributed by atoms with Gasteiger partial charge in [0.25, 0.3) is 5.91 Å². The Morgan fingerprint density at radius 2 is 2.06 bits per heavy atom. The average molecular weight is 252 g/mol. The zero-order chi connectivity index (χ0) is 13.2. The molecule has 1 aliphatic heterocycles. The van der Waals surface area contributed by atoms with Crippen molar-refractivity contribution in [1.82, 2.24) is 5.32 Å². The SMILES string of the molecule is CCCCCCCCOC(=O)C=C1N=CNC1=O. The van der Waals surface area contributed by atoms with Crippen molar-refractivity contribution in [3.05, 3.63) is 11.8 Å². The highest BCUT2D eigenvalue weighted by molar-refractivity contribution is 6.08. The molecule has 100 valence electrons. The van der Waals surface area contributed by atoms with Crippen molar-refractivity contribution in [2.45, 2.75) is 45.4 Å². The number of esters is 1. The highest BCUT2D eigenvalue weighted by atomic mass is 16.5. The summed E-state index contributed by atoms with van der Waals surface area (Å²) in [6, 6.07) is 0. The molecule has 5 nitrogen and oxygen atoms in total. The number of carbonyl (C=O) groups is 2. The van der Waals surface area contributed by atoms with Crippen LogP contribution in [0.25, 0.3) is 0 Å². The fourth-order valence-electron chi connectivity index (χ4n) is 1.60. The molecule has 1 amide bonds. The largest absolute Gasteiger partial charge is 0.462 e. The predicted octanol–water partition coefficient (Wildman–Crippen LogP) is 1.93. The molecule has 1 rings (SSSR count). The molecule has 0 atom stereocenters. The van der Waals surface area contributed by atoms with Crippen molar-refractivity contribution in [3.63, 3.8) is 0 Å². The highest BCUT2D eigenvalue weighted by Crippen LogP contribution is 2.06. The molecular formula is C13H20N2O3. The minimum atomic E-state index is -0.507. The number of hydrogen-bond acceptors (Lipinski definition) is 4. The van der Waals surface area contributed by atoms with Crippen LogP contribution in [-0.2, 0) is 14.3 Å². The maximum absolute atomic E-state index is 11.3. The van der Waals surface area contributed by atoms with Gasteiger partial charge < -0.3 is 10.1 Å². The maximum Gasteiger partial charge on any atom is 0.333 e. The van der Waals surface area contributed by atoms with E-state index in [1.165, 1.54) is 32.0 Å². The molecule has 0 fully saturated rings. The molecule has 18 heavy (non-hydrogen) atoms. The van der Waals surface area contributed by atoms with Crippen LogP contribution in [0.2, 0.25) is 0 Å². The topological polar surface area (TPSA) is 67.8 Å². The Morgan fingerprint density at radius 3 is 2.72 bits per heavy atom. The summed E-state index contributed by atoms with van der Waals surface area (Å²) < 4.78 is 4.99. The molecule has 0 saturated heterocycles. The molecule has 0 radical (unpaired) electrons. The summed E-state index contributed by atoms with van der Waals surface area (Å²) in [6.07, 6.45) is 9.23. The number of nitrogens with zero attached hydrogens (tertiary/aromatic N) is 1. The van der Waals surface area contributed by atoms with Crippen LogP contribution >= 0.6 is 0 Å². The van der Waals surface area contributed by atoms with Gasteiger partial charge >= 0.3 is 5.97 Å². The molecule has 0 unspecified atom stereocenters. The molecule has 5 heteroatoms. The third-order valence-corrected chi connectivity index (χ3v) is 2.63. The van der Waals surface area contributed by atoms with E-state index >= 15 is 0 Å². The monoisotopic (exact) mass is 252 g/mol. The van der Waals surface area contributed by atoms with E-state index < -0.39 is 5.97 Å².